The minimum absolute atomic E-state index is 0.00547. The molecule has 4 rings (SSSR count). The average molecular weight is 440 g/mol. The third-order valence-corrected chi connectivity index (χ3v) is 10.3. The molecule has 0 aliphatic heterocycles. The lowest BCUT2D eigenvalue weighted by Crippen LogP contribution is -2.50. The number of aliphatic hydroxyl groups excluding tert-OH is 1. The Morgan fingerprint density at radius 3 is 2.70 bits per heavy atom. The summed E-state index contributed by atoms with van der Waals surface area (Å²) in [5.41, 5.74) is 2.18. The van der Waals surface area contributed by atoms with Crippen molar-refractivity contribution in [2.75, 3.05) is 6.61 Å². The third-order valence-electron chi connectivity index (χ3n) is 9.87. The molecule has 172 valence electrons. The van der Waals surface area contributed by atoms with Crippen LogP contribution >= 0.6 is 0 Å². The molecule has 0 aromatic carbocycles. The molecule has 6 heteroatoms. The lowest BCUT2D eigenvalue weighted by molar-refractivity contribution is -0.0573. The van der Waals surface area contributed by atoms with Crippen LogP contribution in [0.3, 0.4) is 0 Å². The van der Waals surface area contributed by atoms with Crippen LogP contribution in [0.15, 0.2) is 11.6 Å². The molecule has 1 N–H and O–H groups in total. The molecule has 4 unspecified atom stereocenters. The zero-order valence-electron chi connectivity index (χ0n) is 18.8. The van der Waals surface area contributed by atoms with Crippen molar-refractivity contribution in [2.45, 2.75) is 91.1 Å². The molecule has 0 aromatic rings. The molecular weight excluding hydrogens is 400 g/mol. The molecule has 4 aliphatic carbocycles. The Balaban J connectivity index is 1.44. The molecule has 3 fully saturated rings. The van der Waals surface area contributed by atoms with E-state index in [4.69, 9.17) is 0 Å². The fourth-order valence-corrected chi connectivity index (χ4v) is 8.71. The van der Waals surface area contributed by atoms with Crippen molar-refractivity contribution in [2.24, 2.45) is 40.4 Å². The minimum Gasteiger partial charge on any atom is -0.726 e. The maximum Gasteiger partial charge on any atom is 0.217 e. The first kappa shape index (κ1) is 22.8. The van der Waals surface area contributed by atoms with Crippen LogP contribution in [0.4, 0.5) is 0 Å². The second-order valence-corrected chi connectivity index (χ2v) is 12.3. The van der Waals surface area contributed by atoms with Gasteiger partial charge in [-0.3, -0.25) is 4.18 Å². The van der Waals surface area contributed by atoms with Crippen molar-refractivity contribution in [3.05, 3.63) is 11.6 Å². The Kier molecular flexibility index (Phi) is 6.19. The molecule has 0 amide bonds. The Bertz CT molecular complexity index is 776. The van der Waals surface area contributed by atoms with Gasteiger partial charge in [-0.15, -0.1) is 0 Å². The van der Waals surface area contributed by atoms with E-state index in [1.807, 2.05) is 0 Å². The van der Waals surface area contributed by atoms with Gasteiger partial charge in [0.1, 0.15) is 0 Å². The van der Waals surface area contributed by atoms with Crippen LogP contribution in [-0.2, 0) is 14.6 Å². The van der Waals surface area contributed by atoms with Gasteiger partial charge in [-0.1, -0.05) is 32.4 Å². The fourth-order valence-electron chi connectivity index (χ4n) is 8.38. The molecule has 0 bridgehead atoms. The van der Waals surface area contributed by atoms with Gasteiger partial charge in [-0.25, -0.2) is 8.42 Å². The van der Waals surface area contributed by atoms with E-state index in [1.165, 1.54) is 37.7 Å². The first-order valence-electron chi connectivity index (χ1n) is 12.0. The van der Waals surface area contributed by atoms with E-state index in [9.17, 15) is 18.1 Å². The molecule has 0 saturated heterocycles. The molecule has 0 radical (unpaired) electrons. The summed E-state index contributed by atoms with van der Waals surface area (Å²) >= 11 is 0. The first-order valence-corrected chi connectivity index (χ1v) is 13.4. The van der Waals surface area contributed by atoms with E-state index in [2.05, 4.69) is 31.0 Å². The van der Waals surface area contributed by atoms with Crippen molar-refractivity contribution in [1.82, 2.24) is 0 Å². The zero-order chi connectivity index (χ0) is 21.7. The molecule has 0 aromatic heterocycles. The van der Waals surface area contributed by atoms with Crippen molar-refractivity contribution < 1.29 is 22.3 Å². The monoisotopic (exact) mass is 439 g/mol. The number of fused-ring (bicyclic) bond motifs is 5. The van der Waals surface area contributed by atoms with Crippen LogP contribution in [-0.4, -0.2) is 30.8 Å². The topological polar surface area (TPSA) is 86.7 Å². The molecule has 4 aliphatic rings. The van der Waals surface area contributed by atoms with Crippen molar-refractivity contribution >= 4 is 10.4 Å². The number of hydrogen-bond acceptors (Lipinski definition) is 5. The summed E-state index contributed by atoms with van der Waals surface area (Å²) in [6.45, 7) is 7.31. The van der Waals surface area contributed by atoms with E-state index >= 15 is 0 Å². The summed E-state index contributed by atoms with van der Waals surface area (Å²) in [5, 5.41) is 10.2. The molecule has 3 saturated carbocycles. The largest absolute Gasteiger partial charge is 0.726 e. The Labute approximate surface area is 182 Å². The predicted molar refractivity (Wildman–Crippen MR) is 115 cm³/mol. The number of hydrogen-bond donors (Lipinski definition) is 1. The lowest BCUT2D eigenvalue weighted by Gasteiger charge is -2.58. The quantitative estimate of drug-likeness (QED) is 0.277. The molecule has 30 heavy (non-hydrogen) atoms. The summed E-state index contributed by atoms with van der Waals surface area (Å²) < 4.78 is 36.4. The number of rotatable bonds is 6. The standard InChI is InChI=1S/C24H40O5S/c1-16(5-4-14-29-30(26,27)28)20-8-9-21-19-7-6-17-15-18(25)10-12-23(17,2)22(19)11-13-24(20,21)3/h6,16,18-22,25H,4-5,7-15H2,1-3H3,(H,26,27,28)/p-1/t16-,18+,19?,20?,21?,22?,23+,24-/m1/s1. The average Bonchev–Trinajstić information content (AvgIpc) is 3.02. The molecule has 0 heterocycles. The van der Waals surface area contributed by atoms with Gasteiger partial charge in [-0.2, -0.15) is 0 Å². The van der Waals surface area contributed by atoms with Crippen LogP contribution in [0.5, 0.6) is 0 Å². The van der Waals surface area contributed by atoms with E-state index in [-0.39, 0.29) is 18.1 Å². The highest BCUT2D eigenvalue weighted by Gasteiger charge is 2.59. The summed E-state index contributed by atoms with van der Waals surface area (Å²) in [4.78, 5) is 0. The van der Waals surface area contributed by atoms with Crippen LogP contribution in [0.2, 0.25) is 0 Å². The molecular formula is C24H39O5S-. The van der Waals surface area contributed by atoms with Gasteiger partial charge in [-0.05, 0) is 105 Å². The van der Waals surface area contributed by atoms with Gasteiger partial charge in [0.25, 0.3) is 0 Å². The van der Waals surface area contributed by atoms with Crippen LogP contribution in [0.1, 0.15) is 85.0 Å². The second-order valence-electron chi connectivity index (χ2n) is 11.2. The zero-order valence-corrected chi connectivity index (χ0v) is 19.6. The molecule has 8 atom stereocenters. The predicted octanol–water partition coefficient (Wildman–Crippen LogP) is 4.82. The maximum absolute atomic E-state index is 10.7. The summed E-state index contributed by atoms with van der Waals surface area (Å²) in [7, 11) is -4.58. The minimum atomic E-state index is -4.58. The van der Waals surface area contributed by atoms with Gasteiger partial charge < -0.3 is 9.66 Å². The van der Waals surface area contributed by atoms with E-state index in [0.29, 0.717) is 23.7 Å². The van der Waals surface area contributed by atoms with Gasteiger partial charge in [0.2, 0.25) is 10.4 Å². The maximum atomic E-state index is 10.7. The third kappa shape index (κ3) is 4.02. The summed E-state index contributed by atoms with van der Waals surface area (Å²) in [6.07, 6.45) is 13.2. The van der Waals surface area contributed by atoms with E-state index < -0.39 is 10.4 Å². The Hall–Kier alpha value is -0.430. The first-order chi connectivity index (χ1) is 14.0. The highest BCUT2D eigenvalue weighted by molar-refractivity contribution is 7.80. The van der Waals surface area contributed by atoms with E-state index in [0.717, 1.165) is 43.4 Å². The fraction of sp³-hybridized carbons (Fsp3) is 0.917. The van der Waals surface area contributed by atoms with Gasteiger partial charge >= 0.3 is 0 Å². The van der Waals surface area contributed by atoms with Crippen LogP contribution in [0.25, 0.3) is 0 Å². The normalized spacial score (nSPS) is 44.6. The SMILES string of the molecule is C[C@H](CCCOS(=O)(=O)[O-])C1CCC2C3CC=C4C[C@@H](O)CC[C@]4(C)C3CC[C@@]21C. The highest BCUT2D eigenvalue weighted by Crippen LogP contribution is 2.67. The number of aliphatic hydroxyl groups is 1. The van der Waals surface area contributed by atoms with Crippen LogP contribution in [0, 0.1) is 40.4 Å². The van der Waals surface area contributed by atoms with Gasteiger partial charge in [0.05, 0.1) is 12.7 Å². The second kappa shape index (κ2) is 8.17. The molecule has 5 nitrogen and oxygen atoms in total. The Morgan fingerprint density at radius 1 is 1.20 bits per heavy atom. The van der Waals surface area contributed by atoms with Crippen molar-refractivity contribution in [3.63, 3.8) is 0 Å². The highest BCUT2D eigenvalue weighted by atomic mass is 32.3. The van der Waals surface area contributed by atoms with Crippen LogP contribution < -0.4 is 0 Å². The molecule has 0 spiro atoms. The lowest BCUT2D eigenvalue weighted by atomic mass is 9.47. The summed E-state index contributed by atoms with van der Waals surface area (Å²) in [6, 6.07) is 0. The van der Waals surface area contributed by atoms with Crippen molar-refractivity contribution in [3.8, 4) is 0 Å². The van der Waals surface area contributed by atoms with Gasteiger partial charge in [0.15, 0.2) is 0 Å². The number of allylic oxidation sites excluding steroid dienone is 1. The Morgan fingerprint density at radius 2 is 1.97 bits per heavy atom. The smallest absolute Gasteiger partial charge is 0.217 e. The van der Waals surface area contributed by atoms with Gasteiger partial charge in [0, 0.05) is 0 Å². The summed E-state index contributed by atoms with van der Waals surface area (Å²) in [5.74, 6) is 3.47. The van der Waals surface area contributed by atoms with E-state index in [1.54, 1.807) is 0 Å². The van der Waals surface area contributed by atoms with Crippen molar-refractivity contribution in [1.29, 1.82) is 0 Å².